The summed E-state index contributed by atoms with van der Waals surface area (Å²) in [6, 6.07) is 14.0. The average molecular weight is 309 g/mol. The van der Waals surface area contributed by atoms with Crippen molar-refractivity contribution in [1.82, 2.24) is 4.72 Å². The highest BCUT2D eigenvalue weighted by molar-refractivity contribution is 7.89. The zero-order valence-electron chi connectivity index (χ0n) is 11.3. The summed E-state index contributed by atoms with van der Waals surface area (Å²) in [4.78, 5) is 0.0490. The molecule has 0 aliphatic carbocycles. The van der Waals surface area contributed by atoms with Crippen LogP contribution in [0.1, 0.15) is 6.42 Å². The summed E-state index contributed by atoms with van der Waals surface area (Å²) in [5.74, 6) is 0.282. The van der Waals surface area contributed by atoms with Crippen LogP contribution in [0.2, 0.25) is 0 Å². The fraction of sp³-hybridized carbons (Fsp3) is 0.200. The third-order valence-electron chi connectivity index (χ3n) is 2.75. The minimum Gasteiger partial charge on any atom is -0.494 e. The Balaban J connectivity index is 1.76. The third kappa shape index (κ3) is 4.84. The van der Waals surface area contributed by atoms with Crippen molar-refractivity contribution in [1.29, 1.82) is 0 Å². The van der Waals surface area contributed by atoms with Crippen LogP contribution >= 0.6 is 0 Å². The number of rotatable bonds is 7. The SMILES string of the molecule is O=S(=O)(NCCCOc1ccccc1)c1ccc(F)cc1. The van der Waals surface area contributed by atoms with Gasteiger partial charge in [0.2, 0.25) is 10.0 Å². The normalized spacial score (nSPS) is 11.3. The van der Waals surface area contributed by atoms with Crippen molar-refractivity contribution in [3.8, 4) is 5.75 Å². The van der Waals surface area contributed by atoms with Crippen LogP contribution in [0.4, 0.5) is 4.39 Å². The van der Waals surface area contributed by atoms with Crippen LogP contribution in [0.3, 0.4) is 0 Å². The molecule has 21 heavy (non-hydrogen) atoms. The summed E-state index contributed by atoms with van der Waals surface area (Å²) in [6.45, 7) is 0.669. The van der Waals surface area contributed by atoms with Gasteiger partial charge in [-0.1, -0.05) is 18.2 Å². The first-order valence-corrected chi connectivity index (χ1v) is 7.99. The van der Waals surface area contributed by atoms with E-state index >= 15 is 0 Å². The van der Waals surface area contributed by atoms with Crippen LogP contribution < -0.4 is 9.46 Å². The largest absolute Gasteiger partial charge is 0.494 e. The Morgan fingerprint density at radius 3 is 2.33 bits per heavy atom. The molecule has 0 saturated heterocycles. The molecule has 0 amide bonds. The first-order valence-electron chi connectivity index (χ1n) is 6.51. The van der Waals surface area contributed by atoms with E-state index in [-0.39, 0.29) is 11.4 Å². The molecule has 4 nitrogen and oxygen atoms in total. The maximum absolute atomic E-state index is 12.8. The third-order valence-corrected chi connectivity index (χ3v) is 4.23. The highest BCUT2D eigenvalue weighted by atomic mass is 32.2. The van der Waals surface area contributed by atoms with Crippen molar-refractivity contribution < 1.29 is 17.5 Å². The van der Waals surface area contributed by atoms with Gasteiger partial charge >= 0.3 is 0 Å². The van der Waals surface area contributed by atoms with Crippen LogP contribution in [-0.4, -0.2) is 21.6 Å². The maximum Gasteiger partial charge on any atom is 0.240 e. The van der Waals surface area contributed by atoms with Crippen LogP contribution in [0.25, 0.3) is 0 Å². The van der Waals surface area contributed by atoms with Gasteiger partial charge in [-0.3, -0.25) is 0 Å². The Morgan fingerprint density at radius 2 is 1.67 bits per heavy atom. The molecule has 0 aliphatic rings. The first-order chi connectivity index (χ1) is 10.1. The van der Waals surface area contributed by atoms with Gasteiger partial charge in [-0.05, 0) is 42.8 Å². The lowest BCUT2D eigenvalue weighted by Crippen LogP contribution is -2.25. The van der Waals surface area contributed by atoms with Crippen molar-refractivity contribution in [2.75, 3.05) is 13.2 Å². The number of hydrogen-bond acceptors (Lipinski definition) is 3. The molecule has 0 saturated carbocycles. The van der Waals surface area contributed by atoms with Crippen molar-refractivity contribution in [3.05, 3.63) is 60.4 Å². The molecule has 0 aromatic heterocycles. The molecule has 0 unspecified atom stereocenters. The van der Waals surface area contributed by atoms with E-state index < -0.39 is 15.8 Å². The van der Waals surface area contributed by atoms with Gasteiger partial charge in [-0.15, -0.1) is 0 Å². The molecule has 0 radical (unpaired) electrons. The van der Waals surface area contributed by atoms with E-state index in [1.54, 1.807) is 0 Å². The van der Waals surface area contributed by atoms with Gasteiger partial charge in [0.1, 0.15) is 11.6 Å². The number of para-hydroxylation sites is 1. The maximum atomic E-state index is 12.8. The second-order valence-electron chi connectivity index (χ2n) is 4.37. The molecular formula is C15H16FNO3S. The number of ether oxygens (including phenoxy) is 1. The molecule has 0 bridgehead atoms. The Bertz CT molecular complexity index is 657. The van der Waals surface area contributed by atoms with Crippen molar-refractivity contribution in [2.45, 2.75) is 11.3 Å². The molecular weight excluding hydrogens is 293 g/mol. The van der Waals surface area contributed by atoms with Gasteiger partial charge < -0.3 is 4.74 Å². The minimum absolute atomic E-state index is 0.0490. The topological polar surface area (TPSA) is 55.4 Å². The van der Waals surface area contributed by atoms with Crippen LogP contribution in [0.15, 0.2) is 59.5 Å². The standard InChI is InChI=1S/C15H16FNO3S/c16-13-7-9-15(10-8-13)21(18,19)17-11-4-12-20-14-5-2-1-3-6-14/h1-3,5-10,17H,4,11-12H2. The van der Waals surface area contributed by atoms with Gasteiger partial charge in [-0.25, -0.2) is 17.5 Å². The number of benzene rings is 2. The van der Waals surface area contributed by atoms with E-state index in [4.69, 9.17) is 4.74 Å². The van der Waals surface area contributed by atoms with Gasteiger partial charge in [0.05, 0.1) is 11.5 Å². The lowest BCUT2D eigenvalue weighted by Gasteiger charge is -2.08. The van der Waals surface area contributed by atoms with E-state index in [1.165, 1.54) is 12.1 Å². The molecule has 0 spiro atoms. The molecule has 0 aliphatic heterocycles. The van der Waals surface area contributed by atoms with Crippen LogP contribution in [0, 0.1) is 5.82 Å². The monoisotopic (exact) mass is 309 g/mol. The van der Waals surface area contributed by atoms with E-state index in [9.17, 15) is 12.8 Å². The Hall–Kier alpha value is -1.92. The Labute approximate surface area is 123 Å². The number of sulfonamides is 1. The second-order valence-corrected chi connectivity index (χ2v) is 6.13. The fourth-order valence-electron chi connectivity index (χ4n) is 1.68. The van der Waals surface area contributed by atoms with Gasteiger partial charge in [0, 0.05) is 6.54 Å². The van der Waals surface area contributed by atoms with Gasteiger partial charge in [0.15, 0.2) is 0 Å². The van der Waals surface area contributed by atoms with Gasteiger partial charge in [0.25, 0.3) is 0 Å². The quantitative estimate of drug-likeness (QED) is 0.800. The van der Waals surface area contributed by atoms with Crippen molar-refractivity contribution >= 4 is 10.0 Å². The first kappa shape index (κ1) is 15.5. The van der Waals surface area contributed by atoms with E-state index in [2.05, 4.69) is 4.72 Å². The van der Waals surface area contributed by atoms with E-state index in [0.717, 1.165) is 17.9 Å². The van der Waals surface area contributed by atoms with Crippen molar-refractivity contribution in [2.24, 2.45) is 0 Å². The molecule has 0 fully saturated rings. The summed E-state index contributed by atoms with van der Waals surface area (Å²) in [7, 11) is -3.59. The lowest BCUT2D eigenvalue weighted by atomic mass is 10.3. The molecule has 6 heteroatoms. The summed E-state index contributed by atoms with van der Waals surface area (Å²) in [5, 5.41) is 0. The van der Waals surface area contributed by atoms with Crippen molar-refractivity contribution in [3.63, 3.8) is 0 Å². The Morgan fingerprint density at radius 1 is 1.00 bits per heavy atom. The molecule has 0 atom stereocenters. The highest BCUT2D eigenvalue weighted by Crippen LogP contribution is 2.10. The lowest BCUT2D eigenvalue weighted by molar-refractivity contribution is 0.311. The fourth-order valence-corrected chi connectivity index (χ4v) is 2.76. The summed E-state index contributed by atoms with van der Waals surface area (Å²) in [5.41, 5.74) is 0. The highest BCUT2D eigenvalue weighted by Gasteiger charge is 2.12. The van der Waals surface area contributed by atoms with E-state index in [1.807, 2.05) is 30.3 Å². The zero-order valence-corrected chi connectivity index (χ0v) is 12.1. The smallest absolute Gasteiger partial charge is 0.240 e. The average Bonchev–Trinajstić information content (AvgIpc) is 2.48. The molecule has 2 rings (SSSR count). The predicted octanol–water partition coefficient (Wildman–Crippen LogP) is 2.57. The molecule has 1 N–H and O–H groups in total. The molecule has 0 heterocycles. The molecule has 2 aromatic rings. The van der Waals surface area contributed by atoms with Crippen LogP contribution in [-0.2, 0) is 10.0 Å². The second kappa shape index (κ2) is 7.19. The number of hydrogen-bond donors (Lipinski definition) is 1. The minimum atomic E-state index is -3.59. The van der Waals surface area contributed by atoms with Gasteiger partial charge in [-0.2, -0.15) is 0 Å². The zero-order chi connectivity index (χ0) is 15.1. The summed E-state index contributed by atoms with van der Waals surface area (Å²) in [6.07, 6.45) is 0.537. The number of nitrogens with one attached hydrogen (secondary N) is 1. The predicted molar refractivity (Wildman–Crippen MR) is 78.1 cm³/mol. The summed E-state index contributed by atoms with van der Waals surface area (Å²) >= 11 is 0. The summed E-state index contributed by atoms with van der Waals surface area (Å²) < 4.78 is 44.5. The molecule has 112 valence electrons. The van der Waals surface area contributed by atoms with Crippen LogP contribution in [0.5, 0.6) is 5.75 Å². The van der Waals surface area contributed by atoms with E-state index in [0.29, 0.717) is 13.0 Å². The Kier molecular flexibility index (Phi) is 5.30. The molecule has 2 aromatic carbocycles. The number of halogens is 1.